The lowest BCUT2D eigenvalue weighted by atomic mass is 10.0. The lowest BCUT2D eigenvalue weighted by molar-refractivity contribution is 0.219. The van der Waals surface area contributed by atoms with Crippen LogP contribution in [0.5, 0.6) is 0 Å². The van der Waals surface area contributed by atoms with E-state index in [1.807, 2.05) is 24.3 Å². The highest BCUT2D eigenvalue weighted by Crippen LogP contribution is 2.30. The van der Waals surface area contributed by atoms with Gasteiger partial charge in [-0.3, -0.25) is 0 Å². The number of piperidine rings is 1. The number of nitrogens with one attached hydrogen (secondary N) is 1. The van der Waals surface area contributed by atoms with Crippen molar-refractivity contribution < 1.29 is 8.42 Å². The van der Waals surface area contributed by atoms with Crippen LogP contribution in [0.2, 0.25) is 5.02 Å². The summed E-state index contributed by atoms with van der Waals surface area (Å²) in [6.07, 6.45) is 5.00. The number of nitrogens with zero attached hydrogens (tertiary/aromatic N) is 2. The molecule has 4 rings (SSSR count). The molecule has 1 saturated heterocycles. The van der Waals surface area contributed by atoms with Gasteiger partial charge in [0, 0.05) is 41.4 Å². The van der Waals surface area contributed by atoms with Crippen molar-refractivity contribution in [3.05, 3.63) is 59.8 Å². The molecule has 0 saturated carbocycles. The summed E-state index contributed by atoms with van der Waals surface area (Å²) in [5.41, 5.74) is 1.65. The van der Waals surface area contributed by atoms with Crippen LogP contribution in [0, 0.1) is 0 Å². The Balaban J connectivity index is 1.61. The van der Waals surface area contributed by atoms with Gasteiger partial charge in [0.05, 0.1) is 10.4 Å². The Labute approximate surface area is 177 Å². The minimum Gasteiger partial charge on any atom is -0.382 e. The zero-order valence-corrected chi connectivity index (χ0v) is 18.1. The fraction of sp³-hybridized carbons (Fsp3) is 0.364. The first kappa shape index (κ1) is 20.3. The van der Waals surface area contributed by atoms with E-state index in [1.165, 1.54) is 16.5 Å². The summed E-state index contributed by atoms with van der Waals surface area (Å²) < 4.78 is 27.6. The van der Waals surface area contributed by atoms with E-state index in [0.717, 1.165) is 43.5 Å². The summed E-state index contributed by atoms with van der Waals surface area (Å²) in [6, 6.07) is 14.4. The Bertz CT molecular complexity index is 1100. The third kappa shape index (κ3) is 4.15. The lowest BCUT2D eigenvalue weighted by Crippen LogP contribution is -2.39. The summed E-state index contributed by atoms with van der Waals surface area (Å²) in [7, 11) is -3.71. The highest BCUT2D eigenvalue weighted by atomic mass is 35.5. The number of hydrogen-bond acceptors (Lipinski definition) is 4. The van der Waals surface area contributed by atoms with Gasteiger partial charge in [-0.25, -0.2) is 12.4 Å². The molecule has 2 heterocycles. The van der Waals surface area contributed by atoms with E-state index in [0.29, 0.717) is 16.6 Å². The second-order valence-electron chi connectivity index (χ2n) is 7.57. The third-order valence-corrected chi connectivity index (χ3v) is 7.46. The van der Waals surface area contributed by atoms with Crippen LogP contribution in [0.3, 0.4) is 0 Å². The van der Waals surface area contributed by atoms with Crippen LogP contribution in [-0.4, -0.2) is 43.0 Å². The fourth-order valence-corrected chi connectivity index (χ4v) is 5.70. The average Bonchev–Trinajstić information content (AvgIpc) is 3.16. The zero-order chi connectivity index (χ0) is 20.4. The van der Waals surface area contributed by atoms with Crippen LogP contribution < -0.4 is 5.32 Å². The molecule has 0 radical (unpaired) electrons. The Morgan fingerprint density at radius 1 is 1.10 bits per heavy atom. The van der Waals surface area contributed by atoms with Crippen molar-refractivity contribution in [3.8, 4) is 0 Å². The standard InChI is InChI=1S/C22H26ClN3O2S/c1-2-12-25-13-9-18(10-14-25)24-21-7-4-8-22-20(21)11-15-26(22)29(27,28)19-6-3-5-17(23)16-19/h3-8,11,15-16,18,24H,2,9-10,12-14H2,1H3. The number of benzene rings is 2. The van der Waals surface area contributed by atoms with Gasteiger partial charge in [0.25, 0.3) is 10.0 Å². The van der Waals surface area contributed by atoms with Crippen molar-refractivity contribution in [2.45, 2.75) is 37.1 Å². The molecule has 7 heteroatoms. The second-order valence-corrected chi connectivity index (χ2v) is 9.82. The molecule has 1 aromatic heterocycles. The Hall–Kier alpha value is -2.02. The molecule has 1 fully saturated rings. The van der Waals surface area contributed by atoms with Gasteiger partial charge in [-0.15, -0.1) is 0 Å². The van der Waals surface area contributed by atoms with Crippen molar-refractivity contribution in [1.29, 1.82) is 0 Å². The molecule has 2 aromatic carbocycles. The van der Waals surface area contributed by atoms with Gasteiger partial charge >= 0.3 is 0 Å². The lowest BCUT2D eigenvalue weighted by Gasteiger charge is -2.32. The maximum absolute atomic E-state index is 13.1. The van der Waals surface area contributed by atoms with Crippen molar-refractivity contribution in [3.63, 3.8) is 0 Å². The fourth-order valence-electron chi connectivity index (χ4n) is 4.06. The smallest absolute Gasteiger partial charge is 0.268 e. The maximum Gasteiger partial charge on any atom is 0.268 e. The molecular weight excluding hydrogens is 406 g/mol. The first-order valence-electron chi connectivity index (χ1n) is 10.1. The first-order chi connectivity index (χ1) is 14.0. The number of hydrogen-bond donors (Lipinski definition) is 1. The quantitative estimate of drug-likeness (QED) is 0.608. The highest BCUT2D eigenvalue weighted by Gasteiger charge is 2.22. The summed E-state index contributed by atoms with van der Waals surface area (Å²) >= 11 is 6.01. The molecule has 0 spiro atoms. The van der Waals surface area contributed by atoms with E-state index < -0.39 is 10.0 Å². The Morgan fingerprint density at radius 3 is 2.59 bits per heavy atom. The van der Waals surface area contributed by atoms with E-state index in [2.05, 4.69) is 17.1 Å². The van der Waals surface area contributed by atoms with Crippen LogP contribution in [-0.2, 0) is 10.0 Å². The molecule has 0 bridgehead atoms. The molecule has 1 aliphatic heterocycles. The number of anilines is 1. The summed E-state index contributed by atoms with van der Waals surface area (Å²) in [5.74, 6) is 0. The monoisotopic (exact) mass is 431 g/mol. The average molecular weight is 432 g/mol. The van der Waals surface area contributed by atoms with Crippen LogP contribution in [0.1, 0.15) is 26.2 Å². The molecular formula is C22H26ClN3O2S. The molecule has 154 valence electrons. The van der Waals surface area contributed by atoms with Gasteiger partial charge < -0.3 is 10.2 Å². The summed E-state index contributed by atoms with van der Waals surface area (Å²) in [6.45, 7) is 5.58. The van der Waals surface area contributed by atoms with Gasteiger partial charge in [-0.05, 0) is 62.2 Å². The van der Waals surface area contributed by atoms with Crippen LogP contribution in [0.4, 0.5) is 5.69 Å². The molecule has 1 aliphatic rings. The number of likely N-dealkylation sites (tertiary alicyclic amines) is 1. The first-order valence-corrected chi connectivity index (χ1v) is 11.9. The minimum absolute atomic E-state index is 0.184. The molecule has 1 N–H and O–H groups in total. The van der Waals surface area contributed by atoms with Gasteiger partial charge in [-0.2, -0.15) is 0 Å². The number of halogens is 1. The Morgan fingerprint density at radius 2 is 1.86 bits per heavy atom. The number of rotatable bonds is 6. The molecule has 29 heavy (non-hydrogen) atoms. The van der Waals surface area contributed by atoms with Crippen LogP contribution in [0.25, 0.3) is 10.9 Å². The summed E-state index contributed by atoms with van der Waals surface area (Å²) in [5, 5.41) is 4.96. The predicted molar refractivity (Wildman–Crippen MR) is 119 cm³/mol. The SMILES string of the molecule is CCCN1CCC(Nc2cccc3c2ccn3S(=O)(=O)c2cccc(Cl)c2)CC1. The molecule has 3 aromatic rings. The van der Waals surface area contributed by atoms with E-state index >= 15 is 0 Å². The van der Waals surface area contributed by atoms with E-state index in [-0.39, 0.29) is 4.90 Å². The predicted octanol–water partition coefficient (Wildman–Crippen LogP) is 4.82. The largest absolute Gasteiger partial charge is 0.382 e. The molecule has 0 unspecified atom stereocenters. The normalized spacial score (nSPS) is 16.3. The maximum atomic E-state index is 13.1. The van der Waals surface area contributed by atoms with Gasteiger partial charge in [-0.1, -0.05) is 30.7 Å². The molecule has 0 aliphatic carbocycles. The van der Waals surface area contributed by atoms with Gasteiger partial charge in [0.1, 0.15) is 0 Å². The molecule has 5 nitrogen and oxygen atoms in total. The van der Waals surface area contributed by atoms with Crippen LogP contribution >= 0.6 is 11.6 Å². The Kier molecular flexibility index (Phi) is 5.86. The summed E-state index contributed by atoms with van der Waals surface area (Å²) in [4.78, 5) is 2.69. The zero-order valence-electron chi connectivity index (χ0n) is 16.5. The van der Waals surface area contributed by atoms with Crippen molar-refractivity contribution >= 4 is 38.2 Å². The topological polar surface area (TPSA) is 54.3 Å². The van der Waals surface area contributed by atoms with Crippen molar-refractivity contribution in [2.24, 2.45) is 0 Å². The van der Waals surface area contributed by atoms with E-state index in [1.54, 1.807) is 24.4 Å². The van der Waals surface area contributed by atoms with Crippen molar-refractivity contribution in [1.82, 2.24) is 8.87 Å². The minimum atomic E-state index is -3.71. The van der Waals surface area contributed by atoms with E-state index in [4.69, 9.17) is 11.6 Å². The second kappa shape index (κ2) is 8.38. The highest BCUT2D eigenvalue weighted by molar-refractivity contribution is 7.90. The van der Waals surface area contributed by atoms with Crippen molar-refractivity contribution in [2.75, 3.05) is 25.0 Å². The number of aromatic nitrogens is 1. The van der Waals surface area contributed by atoms with Gasteiger partial charge in [0.15, 0.2) is 0 Å². The number of fused-ring (bicyclic) bond motifs is 1. The third-order valence-electron chi connectivity index (χ3n) is 5.54. The van der Waals surface area contributed by atoms with E-state index in [9.17, 15) is 8.42 Å². The van der Waals surface area contributed by atoms with Gasteiger partial charge in [0.2, 0.25) is 0 Å². The molecule has 0 atom stereocenters. The molecule has 0 amide bonds. The van der Waals surface area contributed by atoms with Crippen LogP contribution in [0.15, 0.2) is 59.6 Å².